The average molecular weight is 174 g/mol. The van der Waals surface area contributed by atoms with Crippen molar-refractivity contribution < 1.29 is 4.42 Å². The predicted molar refractivity (Wildman–Crippen MR) is 46.4 cm³/mol. The van der Waals surface area contributed by atoms with Crippen LogP contribution in [0.1, 0.15) is 18.6 Å². The van der Waals surface area contributed by atoms with Crippen LogP contribution in [0, 0.1) is 28.6 Å². The molecule has 0 atom stereocenters. The van der Waals surface area contributed by atoms with Gasteiger partial charge in [0.1, 0.15) is 11.7 Å². The monoisotopic (exact) mass is 174 g/mol. The summed E-state index contributed by atoms with van der Waals surface area (Å²) in [5.74, 6) is 0.435. The lowest BCUT2D eigenvalue weighted by molar-refractivity contribution is 0.493. The molecule has 1 rings (SSSR count). The second kappa shape index (κ2) is 5.00. The minimum Gasteiger partial charge on any atom is -0.469 e. The largest absolute Gasteiger partial charge is 0.469 e. The Morgan fingerprint density at radius 2 is 2.15 bits per heavy atom. The molecule has 0 saturated heterocycles. The lowest BCUT2D eigenvalue weighted by Gasteiger charge is -1.97. The van der Waals surface area contributed by atoms with Gasteiger partial charge in [-0.1, -0.05) is 0 Å². The summed E-state index contributed by atoms with van der Waals surface area (Å²) in [5.41, 5.74) is 0. The van der Waals surface area contributed by atoms with Crippen molar-refractivity contribution in [1.29, 1.82) is 10.5 Å². The van der Waals surface area contributed by atoms with Crippen molar-refractivity contribution in [2.24, 2.45) is 5.92 Å². The van der Waals surface area contributed by atoms with Crippen LogP contribution in [-0.4, -0.2) is 0 Å². The van der Waals surface area contributed by atoms with Crippen molar-refractivity contribution in [2.45, 2.75) is 19.3 Å². The zero-order chi connectivity index (χ0) is 9.52. The highest BCUT2D eigenvalue weighted by atomic mass is 16.3. The van der Waals surface area contributed by atoms with Gasteiger partial charge in [0.2, 0.25) is 0 Å². The molecule has 13 heavy (non-hydrogen) atoms. The number of aryl methyl sites for hydroxylation is 1. The Kier molecular flexibility index (Phi) is 3.60. The number of nitrogens with zero attached hydrogens (tertiary/aromatic N) is 2. The third kappa shape index (κ3) is 3.01. The molecule has 0 saturated carbocycles. The van der Waals surface area contributed by atoms with Crippen LogP contribution in [0.15, 0.2) is 22.8 Å². The molecule has 0 aliphatic rings. The molecule has 1 aromatic rings. The van der Waals surface area contributed by atoms with Gasteiger partial charge in [0.25, 0.3) is 0 Å². The summed E-state index contributed by atoms with van der Waals surface area (Å²) in [6.07, 6.45) is 3.86. The van der Waals surface area contributed by atoms with Crippen molar-refractivity contribution in [1.82, 2.24) is 0 Å². The van der Waals surface area contributed by atoms with E-state index in [0.29, 0.717) is 6.42 Å². The Labute approximate surface area is 77.2 Å². The van der Waals surface area contributed by atoms with Crippen LogP contribution in [0.25, 0.3) is 0 Å². The molecule has 1 heterocycles. The molecule has 0 aromatic carbocycles. The molecule has 0 N–H and O–H groups in total. The summed E-state index contributed by atoms with van der Waals surface area (Å²) in [5, 5.41) is 17.0. The van der Waals surface area contributed by atoms with E-state index in [9.17, 15) is 0 Å². The molecule has 3 heteroatoms. The molecular formula is C10H10N2O. The Morgan fingerprint density at radius 3 is 2.69 bits per heavy atom. The molecule has 0 radical (unpaired) electrons. The number of nitriles is 2. The van der Waals surface area contributed by atoms with Crippen LogP contribution in [0.4, 0.5) is 0 Å². The summed E-state index contributed by atoms with van der Waals surface area (Å²) >= 11 is 0. The minimum absolute atomic E-state index is 0.477. The van der Waals surface area contributed by atoms with Crippen molar-refractivity contribution in [3.8, 4) is 12.1 Å². The van der Waals surface area contributed by atoms with E-state index in [4.69, 9.17) is 14.9 Å². The highest BCUT2D eigenvalue weighted by Crippen LogP contribution is 2.09. The van der Waals surface area contributed by atoms with E-state index in [2.05, 4.69) is 0 Å². The highest BCUT2D eigenvalue weighted by molar-refractivity contribution is 5.01. The topological polar surface area (TPSA) is 60.7 Å². The van der Waals surface area contributed by atoms with Gasteiger partial charge in [-0.2, -0.15) is 10.5 Å². The summed E-state index contributed by atoms with van der Waals surface area (Å²) in [4.78, 5) is 0. The second-order valence-corrected chi connectivity index (χ2v) is 2.78. The highest BCUT2D eigenvalue weighted by Gasteiger charge is 2.05. The number of furan rings is 1. The van der Waals surface area contributed by atoms with Crippen LogP contribution in [0.3, 0.4) is 0 Å². The van der Waals surface area contributed by atoms with Crippen molar-refractivity contribution >= 4 is 0 Å². The van der Waals surface area contributed by atoms with Gasteiger partial charge < -0.3 is 4.42 Å². The third-order valence-corrected chi connectivity index (χ3v) is 1.81. The maximum atomic E-state index is 8.49. The van der Waals surface area contributed by atoms with E-state index in [1.165, 1.54) is 0 Å². The molecule has 0 spiro atoms. The normalized spacial score (nSPS) is 9.46. The van der Waals surface area contributed by atoms with Gasteiger partial charge in [-0.3, -0.25) is 0 Å². The van der Waals surface area contributed by atoms with E-state index in [-0.39, 0.29) is 0 Å². The molecular weight excluding hydrogens is 164 g/mol. The smallest absolute Gasteiger partial charge is 0.133 e. The van der Waals surface area contributed by atoms with Crippen molar-refractivity contribution in [3.05, 3.63) is 24.2 Å². The predicted octanol–water partition coefficient (Wildman–Crippen LogP) is 2.27. The van der Waals surface area contributed by atoms with Gasteiger partial charge >= 0.3 is 0 Å². The first-order valence-electron chi connectivity index (χ1n) is 4.18. The average Bonchev–Trinajstić information content (AvgIpc) is 2.65. The fourth-order valence-corrected chi connectivity index (χ4v) is 1.09. The summed E-state index contributed by atoms with van der Waals surface area (Å²) < 4.78 is 5.12. The molecule has 0 amide bonds. The molecule has 0 fully saturated rings. The summed E-state index contributed by atoms with van der Waals surface area (Å²) in [7, 11) is 0. The van der Waals surface area contributed by atoms with Crippen LogP contribution >= 0.6 is 0 Å². The van der Waals surface area contributed by atoms with Crippen molar-refractivity contribution in [3.63, 3.8) is 0 Å². The van der Waals surface area contributed by atoms with E-state index in [0.717, 1.165) is 18.6 Å². The summed E-state index contributed by atoms with van der Waals surface area (Å²) in [6.45, 7) is 0. The van der Waals surface area contributed by atoms with Gasteiger partial charge in [-0.15, -0.1) is 0 Å². The first-order chi connectivity index (χ1) is 6.36. The fourth-order valence-electron chi connectivity index (χ4n) is 1.09. The zero-order valence-corrected chi connectivity index (χ0v) is 7.23. The SMILES string of the molecule is N#CC(C#N)CCCc1ccco1. The molecule has 66 valence electrons. The van der Waals surface area contributed by atoms with Gasteiger partial charge in [0.05, 0.1) is 18.4 Å². The minimum atomic E-state index is -0.477. The second-order valence-electron chi connectivity index (χ2n) is 2.78. The molecule has 0 bridgehead atoms. The quantitative estimate of drug-likeness (QED) is 0.703. The molecule has 0 unspecified atom stereocenters. The van der Waals surface area contributed by atoms with E-state index in [1.807, 2.05) is 24.3 Å². The van der Waals surface area contributed by atoms with Gasteiger partial charge in [0.15, 0.2) is 0 Å². The third-order valence-electron chi connectivity index (χ3n) is 1.81. The van der Waals surface area contributed by atoms with E-state index < -0.39 is 5.92 Å². The molecule has 0 aliphatic carbocycles. The lowest BCUT2D eigenvalue weighted by atomic mass is 10.0. The fraction of sp³-hybridized carbons (Fsp3) is 0.400. The number of rotatable bonds is 4. The van der Waals surface area contributed by atoms with Gasteiger partial charge in [-0.05, 0) is 25.0 Å². The standard InChI is InChI=1S/C10H10N2O/c11-7-9(8-12)3-1-4-10-5-2-6-13-10/h2,5-6,9H,1,3-4H2. The van der Waals surface area contributed by atoms with Crippen LogP contribution in [-0.2, 0) is 6.42 Å². The molecule has 0 aliphatic heterocycles. The van der Waals surface area contributed by atoms with Crippen LogP contribution in [0.5, 0.6) is 0 Å². The van der Waals surface area contributed by atoms with E-state index >= 15 is 0 Å². The molecule has 3 nitrogen and oxygen atoms in total. The number of hydrogen-bond acceptors (Lipinski definition) is 3. The van der Waals surface area contributed by atoms with E-state index in [1.54, 1.807) is 6.26 Å². The first kappa shape index (κ1) is 9.35. The lowest BCUT2D eigenvalue weighted by Crippen LogP contribution is -1.93. The molecule has 1 aromatic heterocycles. The Balaban J connectivity index is 2.23. The van der Waals surface area contributed by atoms with Crippen molar-refractivity contribution in [2.75, 3.05) is 0 Å². The van der Waals surface area contributed by atoms with Gasteiger partial charge in [0, 0.05) is 6.42 Å². The first-order valence-corrected chi connectivity index (χ1v) is 4.18. The number of hydrogen-bond donors (Lipinski definition) is 0. The maximum Gasteiger partial charge on any atom is 0.133 e. The van der Waals surface area contributed by atoms with Crippen LogP contribution < -0.4 is 0 Å². The Bertz CT molecular complexity index is 302. The zero-order valence-electron chi connectivity index (χ0n) is 7.23. The maximum absolute atomic E-state index is 8.49. The Morgan fingerprint density at radius 1 is 1.38 bits per heavy atom. The summed E-state index contributed by atoms with van der Waals surface area (Å²) in [6, 6.07) is 7.61. The van der Waals surface area contributed by atoms with Crippen LogP contribution in [0.2, 0.25) is 0 Å². The Hall–Kier alpha value is -1.74. The van der Waals surface area contributed by atoms with Gasteiger partial charge in [-0.25, -0.2) is 0 Å².